The Morgan fingerprint density at radius 1 is 1.20 bits per heavy atom. The maximum Gasteiger partial charge on any atom is 0.265 e. The molecule has 0 aromatic heterocycles. The summed E-state index contributed by atoms with van der Waals surface area (Å²) in [5.41, 5.74) is 2.66. The van der Waals surface area contributed by atoms with Gasteiger partial charge in [0.15, 0.2) is 6.10 Å². The van der Waals surface area contributed by atoms with Crippen molar-refractivity contribution in [2.75, 3.05) is 16.8 Å². The molecular weight excluding hydrogens is 340 g/mol. The van der Waals surface area contributed by atoms with Gasteiger partial charge in [-0.05, 0) is 61.4 Å². The minimum absolute atomic E-state index is 0.0283. The topological polar surface area (TPSA) is 58.6 Å². The van der Waals surface area contributed by atoms with E-state index < -0.39 is 6.10 Å². The van der Waals surface area contributed by atoms with Crippen LogP contribution >= 0.6 is 11.6 Å². The fourth-order valence-corrected chi connectivity index (χ4v) is 2.95. The lowest BCUT2D eigenvalue weighted by Gasteiger charge is -2.17. The van der Waals surface area contributed by atoms with Crippen LogP contribution in [0.4, 0.5) is 11.4 Å². The summed E-state index contributed by atoms with van der Waals surface area (Å²) in [5, 5.41) is 3.47. The van der Waals surface area contributed by atoms with Crippen LogP contribution in [0.15, 0.2) is 42.5 Å². The van der Waals surface area contributed by atoms with Gasteiger partial charge in [0.1, 0.15) is 5.75 Å². The Kier molecular flexibility index (Phi) is 4.95. The molecule has 0 unspecified atom stereocenters. The highest BCUT2D eigenvalue weighted by Crippen LogP contribution is 2.30. The number of rotatable bonds is 4. The fraction of sp³-hybridized carbons (Fsp3) is 0.263. The number of halogens is 1. The highest BCUT2D eigenvalue weighted by molar-refractivity contribution is 6.30. The zero-order valence-corrected chi connectivity index (χ0v) is 14.8. The van der Waals surface area contributed by atoms with Gasteiger partial charge in [-0.3, -0.25) is 9.59 Å². The number of nitrogens with one attached hydrogen (secondary N) is 1. The van der Waals surface area contributed by atoms with Gasteiger partial charge in [0.05, 0.1) is 0 Å². The van der Waals surface area contributed by atoms with Crippen molar-refractivity contribution in [1.29, 1.82) is 0 Å². The number of benzene rings is 2. The summed E-state index contributed by atoms with van der Waals surface area (Å²) >= 11 is 5.83. The molecule has 0 aliphatic carbocycles. The van der Waals surface area contributed by atoms with Crippen LogP contribution in [0.5, 0.6) is 5.75 Å². The fourth-order valence-electron chi connectivity index (χ4n) is 2.82. The summed E-state index contributed by atoms with van der Waals surface area (Å²) in [4.78, 5) is 25.7. The molecule has 6 heteroatoms. The number of carbonyl (C=O) groups excluding carboxylic acids is 2. The zero-order chi connectivity index (χ0) is 18.0. The van der Waals surface area contributed by atoms with E-state index in [2.05, 4.69) is 5.32 Å². The first-order chi connectivity index (χ1) is 11.9. The van der Waals surface area contributed by atoms with Gasteiger partial charge < -0.3 is 15.0 Å². The molecule has 1 aliphatic heterocycles. The number of fused-ring (bicyclic) bond motifs is 1. The quantitative estimate of drug-likeness (QED) is 0.907. The highest BCUT2D eigenvalue weighted by Gasteiger charge is 2.23. The maximum absolute atomic E-state index is 12.3. The number of nitrogens with zero attached hydrogens (tertiary/aromatic N) is 1. The normalized spacial score (nSPS) is 14.0. The van der Waals surface area contributed by atoms with Crippen LogP contribution in [0.1, 0.15) is 19.4 Å². The number of carbonyl (C=O) groups is 2. The molecule has 1 aliphatic rings. The Morgan fingerprint density at radius 2 is 1.92 bits per heavy atom. The lowest BCUT2D eigenvalue weighted by Crippen LogP contribution is -2.30. The molecule has 1 heterocycles. The standard InChI is InChI=1S/C19H19ClN2O3/c1-12(25-17-6-3-15(20)4-7-17)19(24)21-16-5-8-18-14(11-16)9-10-22(18)13(2)23/h3-8,11-12H,9-10H2,1-2H3,(H,21,24)/t12-/m1/s1. The Labute approximate surface area is 151 Å². The molecule has 0 fully saturated rings. The van der Waals surface area contributed by atoms with E-state index in [0.29, 0.717) is 23.0 Å². The van der Waals surface area contributed by atoms with Crippen molar-refractivity contribution in [3.8, 4) is 5.75 Å². The Morgan fingerprint density at radius 3 is 2.60 bits per heavy atom. The molecule has 2 amide bonds. The van der Waals surface area contributed by atoms with Crippen molar-refractivity contribution in [1.82, 2.24) is 0 Å². The molecule has 1 N–H and O–H groups in total. The summed E-state index contributed by atoms with van der Waals surface area (Å²) in [5.74, 6) is 0.370. The predicted molar refractivity (Wildman–Crippen MR) is 98.3 cm³/mol. The summed E-state index contributed by atoms with van der Waals surface area (Å²) < 4.78 is 5.62. The third-order valence-corrected chi connectivity index (χ3v) is 4.37. The molecular formula is C19H19ClN2O3. The predicted octanol–water partition coefficient (Wildman–Crippen LogP) is 3.66. The molecule has 25 heavy (non-hydrogen) atoms. The summed E-state index contributed by atoms with van der Waals surface area (Å²) in [7, 11) is 0. The van der Waals surface area contributed by atoms with Crippen LogP contribution < -0.4 is 15.0 Å². The van der Waals surface area contributed by atoms with Gasteiger partial charge >= 0.3 is 0 Å². The van der Waals surface area contributed by atoms with Crippen molar-refractivity contribution in [3.05, 3.63) is 53.1 Å². The molecule has 130 valence electrons. The molecule has 0 spiro atoms. The molecule has 2 aromatic rings. The number of ether oxygens (including phenoxy) is 1. The van der Waals surface area contributed by atoms with Crippen LogP contribution in [0.3, 0.4) is 0 Å². The minimum atomic E-state index is -0.650. The third kappa shape index (κ3) is 3.94. The smallest absolute Gasteiger partial charge is 0.265 e. The summed E-state index contributed by atoms with van der Waals surface area (Å²) in [6, 6.07) is 12.4. The molecule has 0 radical (unpaired) electrons. The average molecular weight is 359 g/mol. The number of hydrogen-bond donors (Lipinski definition) is 1. The highest BCUT2D eigenvalue weighted by atomic mass is 35.5. The first kappa shape index (κ1) is 17.3. The lowest BCUT2D eigenvalue weighted by molar-refractivity contribution is -0.122. The largest absolute Gasteiger partial charge is 0.481 e. The second-order valence-electron chi connectivity index (χ2n) is 5.97. The van der Waals surface area contributed by atoms with E-state index in [1.54, 1.807) is 49.1 Å². The SMILES string of the molecule is CC(=O)N1CCc2cc(NC(=O)[C@@H](C)Oc3ccc(Cl)cc3)ccc21. The second-order valence-corrected chi connectivity index (χ2v) is 6.40. The number of anilines is 2. The molecule has 1 atom stereocenters. The molecule has 0 bridgehead atoms. The van der Waals surface area contributed by atoms with E-state index in [9.17, 15) is 9.59 Å². The zero-order valence-electron chi connectivity index (χ0n) is 14.1. The van der Waals surface area contributed by atoms with Gasteiger partial charge in [-0.2, -0.15) is 0 Å². The maximum atomic E-state index is 12.3. The van der Waals surface area contributed by atoms with Crippen molar-refractivity contribution in [2.45, 2.75) is 26.4 Å². The Bertz CT molecular complexity index is 805. The monoisotopic (exact) mass is 358 g/mol. The summed E-state index contributed by atoms with van der Waals surface area (Å²) in [6.45, 7) is 3.92. The van der Waals surface area contributed by atoms with Crippen molar-refractivity contribution < 1.29 is 14.3 Å². The van der Waals surface area contributed by atoms with Gasteiger partial charge in [0.25, 0.3) is 5.91 Å². The molecule has 5 nitrogen and oxygen atoms in total. The van der Waals surface area contributed by atoms with Crippen LogP contribution in [-0.4, -0.2) is 24.5 Å². The van der Waals surface area contributed by atoms with Crippen LogP contribution in [0, 0.1) is 0 Å². The minimum Gasteiger partial charge on any atom is -0.481 e. The van der Waals surface area contributed by atoms with Gasteiger partial charge in [-0.25, -0.2) is 0 Å². The van der Waals surface area contributed by atoms with Gasteiger partial charge in [-0.15, -0.1) is 0 Å². The van der Waals surface area contributed by atoms with Gasteiger partial charge in [-0.1, -0.05) is 11.6 Å². The first-order valence-electron chi connectivity index (χ1n) is 8.08. The Balaban J connectivity index is 1.65. The van der Waals surface area contributed by atoms with Crippen LogP contribution in [-0.2, 0) is 16.0 Å². The molecule has 3 rings (SSSR count). The first-order valence-corrected chi connectivity index (χ1v) is 8.46. The van der Waals surface area contributed by atoms with Crippen LogP contribution in [0.25, 0.3) is 0 Å². The number of amides is 2. The molecule has 2 aromatic carbocycles. The van der Waals surface area contributed by atoms with Crippen molar-refractivity contribution in [2.24, 2.45) is 0 Å². The van der Waals surface area contributed by atoms with E-state index in [0.717, 1.165) is 17.7 Å². The Hall–Kier alpha value is -2.53. The third-order valence-electron chi connectivity index (χ3n) is 4.12. The lowest BCUT2D eigenvalue weighted by atomic mass is 10.1. The second kappa shape index (κ2) is 7.15. The van der Waals surface area contributed by atoms with Crippen molar-refractivity contribution >= 4 is 34.8 Å². The van der Waals surface area contributed by atoms with E-state index >= 15 is 0 Å². The molecule has 0 saturated carbocycles. The van der Waals surface area contributed by atoms with E-state index in [4.69, 9.17) is 16.3 Å². The summed E-state index contributed by atoms with van der Waals surface area (Å²) in [6.07, 6.45) is 0.137. The van der Waals surface area contributed by atoms with Gasteiger partial charge in [0, 0.05) is 29.9 Å². The number of hydrogen-bond acceptors (Lipinski definition) is 3. The van der Waals surface area contributed by atoms with E-state index in [1.165, 1.54) is 0 Å². The van der Waals surface area contributed by atoms with E-state index in [1.807, 2.05) is 12.1 Å². The molecule has 0 saturated heterocycles. The van der Waals surface area contributed by atoms with Crippen molar-refractivity contribution in [3.63, 3.8) is 0 Å². The van der Waals surface area contributed by atoms with Gasteiger partial charge in [0.2, 0.25) is 5.91 Å². The average Bonchev–Trinajstić information content (AvgIpc) is 3.00. The van der Waals surface area contributed by atoms with E-state index in [-0.39, 0.29) is 11.8 Å². The van der Waals surface area contributed by atoms with Crippen LogP contribution in [0.2, 0.25) is 5.02 Å².